The SMILES string of the molecule is CCC1(C)CNc2ccc(F)cc2N1. The van der Waals surface area contributed by atoms with Crippen LogP contribution in [-0.2, 0) is 0 Å². The van der Waals surface area contributed by atoms with Crippen molar-refractivity contribution in [1.29, 1.82) is 0 Å². The van der Waals surface area contributed by atoms with Crippen molar-refractivity contribution in [2.75, 3.05) is 17.2 Å². The van der Waals surface area contributed by atoms with E-state index >= 15 is 0 Å². The van der Waals surface area contributed by atoms with Gasteiger partial charge in [0.05, 0.1) is 16.9 Å². The number of halogens is 1. The molecule has 0 saturated heterocycles. The van der Waals surface area contributed by atoms with E-state index in [0.717, 1.165) is 24.3 Å². The Morgan fingerprint density at radius 3 is 2.93 bits per heavy atom. The molecule has 0 amide bonds. The Morgan fingerprint density at radius 1 is 1.43 bits per heavy atom. The molecule has 76 valence electrons. The second kappa shape index (κ2) is 3.15. The molecule has 1 heterocycles. The molecule has 1 aromatic carbocycles. The lowest BCUT2D eigenvalue weighted by atomic mass is 9.95. The molecule has 0 spiro atoms. The Hall–Kier alpha value is -1.25. The van der Waals surface area contributed by atoms with Crippen LogP contribution in [0.3, 0.4) is 0 Å². The van der Waals surface area contributed by atoms with Crippen LogP contribution >= 0.6 is 0 Å². The lowest BCUT2D eigenvalue weighted by molar-refractivity contribution is 0.512. The first-order chi connectivity index (χ1) is 6.63. The molecule has 2 rings (SSSR count). The molecular formula is C11H15FN2. The molecule has 2 nitrogen and oxygen atoms in total. The highest BCUT2D eigenvalue weighted by atomic mass is 19.1. The number of fused-ring (bicyclic) bond motifs is 1. The van der Waals surface area contributed by atoms with Gasteiger partial charge in [0.2, 0.25) is 0 Å². The summed E-state index contributed by atoms with van der Waals surface area (Å²) in [6.07, 6.45) is 1.01. The van der Waals surface area contributed by atoms with E-state index in [9.17, 15) is 4.39 Å². The molecule has 1 aliphatic rings. The van der Waals surface area contributed by atoms with Crippen molar-refractivity contribution in [2.24, 2.45) is 0 Å². The van der Waals surface area contributed by atoms with Gasteiger partial charge in [-0.25, -0.2) is 4.39 Å². The van der Waals surface area contributed by atoms with E-state index < -0.39 is 0 Å². The van der Waals surface area contributed by atoms with Crippen molar-refractivity contribution in [2.45, 2.75) is 25.8 Å². The summed E-state index contributed by atoms with van der Waals surface area (Å²) >= 11 is 0. The molecule has 0 aliphatic carbocycles. The van der Waals surface area contributed by atoms with Gasteiger partial charge in [0.25, 0.3) is 0 Å². The predicted molar refractivity (Wildman–Crippen MR) is 57.2 cm³/mol. The first-order valence-corrected chi connectivity index (χ1v) is 4.94. The van der Waals surface area contributed by atoms with Gasteiger partial charge in [-0.05, 0) is 31.5 Å². The van der Waals surface area contributed by atoms with E-state index in [0.29, 0.717) is 0 Å². The topological polar surface area (TPSA) is 24.1 Å². The summed E-state index contributed by atoms with van der Waals surface area (Å²) in [7, 11) is 0. The fraction of sp³-hybridized carbons (Fsp3) is 0.455. The average molecular weight is 194 g/mol. The first kappa shape index (κ1) is 9.31. The third kappa shape index (κ3) is 1.54. The van der Waals surface area contributed by atoms with Gasteiger partial charge in [-0.2, -0.15) is 0 Å². The summed E-state index contributed by atoms with van der Waals surface area (Å²) in [5.41, 5.74) is 1.87. The molecule has 14 heavy (non-hydrogen) atoms. The maximum absolute atomic E-state index is 13.0. The highest BCUT2D eigenvalue weighted by Gasteiger charge is 2.26. The molecule has 1 aromatic rings. The van der Waals surface area contributed by atoms with Gasteiger partial charge in [-0.3, -0.25) is 0 Å². The molecule has 0 radical (unpaired) electrons. The Labute approximate surface area is 83.5 Å². The predicted octanol–water partition coefficient (Wildman–Crippen LogP) is 2.83. The van der Waals surface area contributed by atoms with Crippen LogP contribution in [0.2, 0.25) is 0 Å². The standard InChI is InChI=1S/C11H15FN2/c1-3-11(2)7-13-9-5-4-8(12)6-10(9)14-11/h4-6,13-14H,3,7H2,1-2H3. The maximum Gasteiger partial charge on any atom is 0.125 e. The maximum atomic E-state index is 13.0. The highest BCUT2D eigenvalue weighted by molar-refractivity contribution is 5.72. The molecule has 1 aliphatic heterocycles. The number of benzene rings is 1. The molecule has 0 saturated carbocycles. The van der Waals surface area contributed by atoms with Crippen molar-refractivity contribution in [1.82, 2.24) is 0 Å². The largest absolute Gasteiger partial charge is 0.381 e. The third-order valence-corrected chi connectivity index (χ3v) is 2.87. The molecule has 3 heteroatoms. The molecule has 1 unspecified atom stereocenters. The minimum absolute atomic E-state index is 0.0286. The van der Waals surface area contributed by atoms with E-state index in [4.69, 9.17) is 0 Å². The van der Waals surface area contributed by atoms with Gasteiger partial charge in [-0.1, -0.05) is 6.92 Å². The molecule has 2 N–H and O–H groups in total. The quantitative estimate of drug-likeness (QED) is 0.718. The van der Waals surface area contributed by atoms with Crippen LogP contribution in [0.15, 0.2) is 18.2 Å². The molecule has 0 fully saturated rings. The van der Waals surface area contributed by atoms with Crippen LogP contribution in [0.5, 0.6) is 0 Å². The van der Waals surface area contributed by atoms with Gasteiger partial charge in [0.1, 0.15) is 5.82 Å². The van der Waals surface area contributed by atoms with Gasteiger partial charge in [0.15, 0.2) is 0 Å². The normalized spacial score (nSPS) is 24.8. The van der Waals surface area contributed by atoms with E-state index in [1.54, 1.807) is 6.07 Å². The van der Waals surface area contributed by atoms with E-state index in [-0.39, 0.29) is 11.4 Å². The Balaban J connectivity index is 2.33. The third-order valence-electron chi connectivity index (χ3n) is 2.87. The van der Waals surface area contributed by atoms with Gasteiger partial charge in [-0.15, -0.1) is 0 Å². The first-order valence-electron chi connectivity index (χ1n) is 4.94. The number of rotatable bonds is 1. The fourth-order valence-electron chi connectivity index (χ4n) is 1.65. The second-order valence-corrected chi connectivity index (χ2v) is 4.08. The number of nitrogens with one attached hydrogen (secondary N) is 2. The van der Waals surface area contributed by atoms with Crippen molar-refractivity contribution < 1.29 is 4.39 Å². The summed E-state index contributed by atoms with van der Waals surface area (Å²) in [6.45, 7) is 5.13. The zero-order valence-corrected chi connectivity index (χ0v) is 8.52. The summed E-state index contributed by atoms with van der Waals surface area (Å²) in [5, 5.41) is 6.66. The van der Waals surface area contributed by atoms with Crippen molar-refractivity contribution in [3.63, 3.8) is 0 Å². The minimum Gasteiger partial charge on any atom is -0.381 e. The second-order valence-electron chi connectivity index (χ2n) is 4.08. The molecule has 0 bridgehead atoms. The van der Waals surface area contributed by atoms with Crippen LogP contribution in [-0.4, -0.2) is 12.1 Å². The summed E-state index contributed by atoms with van der Waals surface area (Å²) < 4.78 is 13.0. The fourth-order valence-corrected chi connectivity index (χ4v) is 1.65. The van der Waals surface area contributed by atoms with Gasteiger partial charge < -0.3 is 10.6 Å². The minimum atomic E-state index is -0.196. The smallest absolute Gasteiger partial charge is 0.125 e. The van der Waals surface area contributed by atoms with Crippen molar-refractivity contribution in [3.05, 3.63) is 24.0 Å². The van der Waals surface area contributed by atoms with Crippen LogP contribution in [0, 0.1) is 5.82 Å². The average Bonchev–Trinajstić information content (AvgIpc) is 2.17. The number of hydrogen-bond donors (Lipinski definition) is 2. The van der Waals surface area contributed by atoms with Crippen molar-refractivity contribution >= 4 is 11.4 Å². The summed E-state index contributed by atoms with van der Waals surface area (Å²) in [6, 6.07) is 4.78. The Bertz CT molecular complexity index is 351. The molecular weight excluding hydrogens is 179 g/mol. The van der Waals surface area contributed by atoms with E-state index in [1.807, 2.05) is 0 Å². The van der Waals surface area contributed by atoms with E-state index in [1.165, 1.54) is 12.1 Å². The monoisotopic (exact) mass is 194 g/mol. The van der Waals surface area contributed by atoms with Crippen molar-refractivity contribution in [3.8, 4) is 0 Å². The van der Waals surface area contributed by atoms with Gasteiger partial charge >= 0.3 is 0 Å². The van der Waals surface area contributed by atoms with Crippen LogP contribution < -0.4 is 10.6 Å². The Kier molecular flexibility index (Phi) is 2.10. The summed E-state index contributed by atoms with van der Waals surface area (Å²) in [4.78, 5) is 0. The number of anilines is 2. The lowest BCUT2D eigenvalue weighted by Gasteiger charge is -2.37. The zero-order chi connectivity index (χ0) is 10.2. The van der Waals surface area contributed by atoms with E-state index in [2.05, 4.69) is 24.5 Å². The lowest BCUT2D eigenvalue weighted by Crippen LogP contribution is -2.44. The molecule has 1 atom stereocenters. The summed E-state index contributed by atoms with van der Waals surface area (Å²) in [5.74, 6) is -0.196. The van der Waals surface area contributed by atoms with Crippen LogP contribution in [0.25, 0.3) is 0 Å². The highest BCUT2D eigenvalue weighted by Crippen LogP contribution is 2.31. The van der Waals surface area contributed by atoms with Crippen LogP contribution in [0.1, 0.15) is 20.3 Å². The number of hydrogen-bond acceptors (Lipinski definition) is 2. The zero-order valence-electron chi connectivity index (χ0n) is 8.52. The van der Waals surface area contributed by atoms with Gasteiger partial charge in [0, 0.05) is 6.54 Å². The Morgan fingerprint density at radius 2 is 2.21 bits per heavy atom. The molecule has 0 aromatic heterocycles. The van der Waals surface area contributed by atoms with Crippen LogP contribution in [0.4, 0.5) is 15.8 Å².